The average Bonchev–Trinajstić information content (AvgIpc) is 3.37. The van der Waals surface area contributed by atoms with Crippen LogP contribution in [0.2, 0.25) is 0 Å². The third-order valence-corrected chi connectivity index (χ3v) is 5.38. The van der Waals surface area contributed by atoms with Crippen molar-refractivity contribution in [1.29, 1.82) is 0 Å². The number of urea groups is 1. The lowest BCUT2D eigenvalue weighted by atomic mass is 10.1. The van der Waals surface area contributed by atoms with Crippen LogP contribution in [0.1, 0.15) is 6.42 Å². The highest BCUT2D eigenvalue weighted by atomic mass is 16.3. The van der Waals surface area contributed by atoms with Crippen LogP contribution in [0.4, 0.5) is 10.5 Å². The summed E-state index contributed by atoms with van der Waals surface area (Å²) in [6, 6.07) is 15.6. The molecule has 0 spiro atoms. The summed E-state index contributed by atoms with van der Waals surface area (Å²) in [4.78, 5) is 19.0. The van der Waals surface area contributed by atoms with Crippen molar-refractivity contribution in [3.63, 3.8) is 0 Å². The number of oxazole rings is 1. The van der Waals surface area contributed by atoms with E-state index in [0.717, 1.165) is 48.4 Å². The largest absolute Gasteiger partial charge is 0.436 e. The first-order valence-corrected chi connectivity index (χ1v) is 9.02. The van der Waals surface area contributed by atoms with Crippen molar-refractivity contribution in [2.75, 3.05) is 25.0 Å². The van der Waals surface area contributed by atoms with Crippen LogP contribution in [0.15, 0.2) is 52.9 Å². The fourth-order valence-corrected chi connectivity index (χ4v) is 3.99. The van der Waals surface area contributed by atoms with Crippen LogP contribution in [0.3, 0.4) is 0 Å². The highest BCUT2D eigenvalue weighted by Gasteiger charge is 2.39. The van der Waals surface area contributed by atoms with Gasteiger partial charge < -0.3 is 20.0 Å². The van der Waals surface area contributed by atoms with Gasteiger partial charge in [-0.3, -0.25) is 0 Å². The number of likely N-dealkylation sites (tertiary alicyclic amines) is 1. The Morgan fingerprint density at radius 1 is 1.15 bits per heavy atom. The van der Waals surface area contributed by atoms with Crippen LogP contribution in [-0.4, -0.2) is 41.6 Å². The monoisotopic (exact) mass is 348 g/mol. The van der Waals surface area contributed by atoms with E-state index < -0.39 is 0 Å². The second-order valence-corrected chi connectivity index (χ2v) is 6.96. The first-order valence-electron chi connectivity index (χ1n) is 9.02. The van der Waals surface area contributed by atoms with Crippen molar-refractivity contribution in [3.8, 4) is 11.5 Å². The summed E-state index contributed by atoms with van der Waals surface area (Å²) in [6.45, 7) is 2.76. The summed E-state index contributed by atoms with van der Waals surface area (Å²) in [6.07, 6.45) is 1.09. The first kappa shape index (κ1) is 15.4. The van der Waals surface area contributed by atoms with Crippen LogP contribution in [0.25, 0.3) is 22.6 Å². The van der Waals surface area contributed by atoms with E-state index in [1.165, 1.54) is 0 Å². The van der Waals surface area contributed by atoms with E-state index in [2.05, 4.69) is 15.6 Å². The van der Waals surface area contributed by atoms with Crippen molar-refractivity contribution in [3.05, 3.63) is 48.5 Å². The second-order valence-electron chi connectivity index (χ2n) is 6.96. The minimum Gasteiger partial charge on any atom is -0.436 e. The van der Waals surface area contributed by atoms with Gasteiger partial charge in [-0.2, -0.15) is 0 Å². The Kier molecular flexibility index (Phi) is 3.64. The van der Waals surface area contributed by atoms with Gasteiger partial charge in [0.25, 0.3) is 0 Å². The number of rotatable bonds is 2. The number of para-hydroxylation sites is 2. The van der Waals surface area contributed by atoms with Gasteiger partial charge in [0.05, 0.1) is 0 Å². The van der Waals surface area contributed by atoms with E-state index >= 15 is 0 Å². The standard InChI is InChI=1S/C20H20N4O2/c25-20(24-10-9-14-11-21-12-17(14)24)22-15-7-5-13(6-8-15)19-23-16-3-1-2-4-18(16)26-19/h1-8,14,17,21H,9-12H2,(H,22,25)/t14-,17+/m1/s1. The SMILES string of the molecule is O=C(Nc1ccc(-c2nc3ccccc3o2)cc1)N1CC[C@@H]2CNC[C@@H]21. The third kappa shape index (κ3) is 2.63. The summed E-state index contributed by atoms with van der Waals surface area (Å²) >= 11 is 0. The molecule has 2 amide bonds. The molecule has 6 heteroatoms. The number of benzene rings is 2. The lowest BCUT2D eigenvalue weighted by molar-refractivity contribution is 0.206. The molecule has 2 aliphatic rings. The number of carbonyl (C=O) groups excluding carboxylic acids is 1. The number of aromatic nitrogens is 1. The molecular weight excluding hydrogens is 328 g/mol. The summed E-state index contributed by atoms with van der Waals surface area (Å²) in [7, 11) is 0. The molecule has 132 valence electrons. The van der Waals surface area contributed by atoms with Gasteiger partial charge >= 0.3 is 6.03 Å². The number of anilines is 1. The molecule has 6 nitrogen and oxygen atoms in total. The van der Waals surface area contributed by atoms with Crippen molar-refractivity contribution >= 4 is 22.8 Å². The highest BCUT2D eigenvalue weighted by molar-refractivity contribution is 5.90. The van der Waals surface area contributed by atoms with Gasteiger partial charge in [0.1, 0.15) is 5.52 Å². The number of nitrogens with zero attached hydrogens (tertiary/aromatic N) is 2. The lowest BCUT2D eigenvalue weighted by Gasteiger charge is -2.23. The van der Waals surface area contributed by atoms with Gasteiger partial charge in [-0.15, -0.1) is 0 Å². The predicted molar refractivity (Wildman–Crippen MR) is 99.9 cm³/mol. The number of amides is 2. The molecule has 1 aromatic heterocycles. The zero-order valence-electron chi connectivity index (χ0n) is 14.3. The molecule has 0 aliphatic carbocycles. The molecule has 3 aromatic rings. The molecule has 0 saturated carbocycles. The maximum absolute atomic E-state index is 12.6. The van der Waals surface area contributed by atoms with E-state index in [1.807, 2.05) is 53.4 Å². The Bertz CT molecular complexity index is 917. The summed E-state index contributed by atoms with van der Waals surface area (Å²) in [5.41, 5.74) is 3.28. The summed E-state index contributed by atoms with van der Waals surface area (Å²) < 4.78 is 5.79. The van der Waals surface area contributed by atoms with Gasteiger partial charge in [0.2, 0.25) is 5.89 Å². The Morgan fingerprint density at radius 3 is 2.85 bits per heavy atom. The van der Waals surface area contributed by atoms with Gasteiger partial charge in [0.15, 0.2) is 5.58 Å². The Balaban J connectivity index is 1.31. The Morgan fingerprint density at radius 2 is 2.00 bits per heavy atom. The second kappa shape index (κ2) is 6.14. The van der Waals surface area contributed by atoms with Gasteiger partial charge in [-0.05, 0) is 48.7 Å². The first-order chi connectivity index (χ1) is 12.8. The van der Waals surface area contributed by atoms with E-state index in [9.17, 15) is 4.79 Å². The van der Waals surface area contributed by atoms with E-state index in [-0.39, 0.29) is 6.03 Å². The van der Waals surface area contributed by atoms with Crippen molar-refractivity contribution in [2.24, 2.45) is 5.92 Å². The minimum atomic E-state index is -0.0178. The number of hydrogen-bond acceptors (Lipinski definition) is 4. The quantitative estimate of drug-likeness (QED) is 0.745. The molecule has 2 aliphatic heterocycles. The van der Waals surface area contributed by atoms with Crippen LogP contribution in [-0.2, 0) is 0 Å². The molecule has 26 heavy (non-hydrogen) atoms. The van der Waals surface area contributed by atoms with Crippen molar-refractivity contribution in [1.82, 2.24) is 15.2 Å². The predicted octanol–water partition coefficient (Wildman–Crippen LogP) is 3.32. The zero-order valence-corrected chi connectivity index (χ0v) is 14.3. The maximum atomic E-state index is 12.6. The van der Waals surface area contributed by atoms with Crippen molar-refractivity contribution < 1.29 is 9.21 Å². The fourth-order valence-electron chi connectivity index (χ4n) is 3.99. The van der Waals surface area contributed by atoms with E-state index in [1.54, 1.807) is 0 Å². The van der Waals surface area contributed by atoms with Gasteiger partial charge in [-0.25, -0.2) is 9.78 Å². The molecular formula is C20H20N4O2. The van der Waals surface area contributed by atoms with E-state index in [4.69, 9.17) is 4.42 Å². The van der Waals surface area contributed by atoms with Gasteiger partial charge in [-0.1, -0.05) is 12.1 Å². The smallest absolute Gasteiger partial charge is 0.322 e. The molecule has 0 radical (unpaired) electrons. The maximum Gasteiger partial charge on any atom is 0.322 e. The minimum absolute atomic E-state index is 0.0178. The number of nitrogens with one attached hydrogen (secondary N) is 2. The fraction of sp³-hybridized carbons (Fsp3) is 0.300. The molecule has 2 saturated heterocycles. The lowest BCUT2D eigenvalue weighted by Crippen LogP contribution is -2.41. The molecule has 2 atom stereocenters. The molecule has 5 rings (SSSR count). The van der Waals surface area contributed by atoms with Crippen LogP contribution < -0.4 is 10.6 Å². The molecule has 3 heterocycles. The highest BCUT2D eigenvalue weighted by Crippen LogP contribution is 2.28. The molecule has 0 unspecified atom stereocenters. The molecule has 2 aromatic carbocycles. The summed E-state index contributed by atoms with van der Waals surface area (Å²) in [5, 5.41) is 6.38. The molecule has 2 N–H and O–H groups in total. The van der Waals surface area contributed by atoms with Crippen LogP contribution in [0.5, 0.6) is 0 Å². The zero-order chi connectivity index (χ0) is 17.5. The van der Waals surface area contributed by atoms with E-state index in [0.29, 0.717) is 17.9 Å². The average molecular weight is 348 g/mol. The Labute approximate surface area is 151 Å². The normalized spacial score (nSPS) is 21.9. The van der Waals surface area contributed by atoms with Crippen LogP contribution in [0, 0.1) is 5.92 Å². The number of fused-ring (bicyclic) bond motifs is 2. The van der Waals surface area contributed by atoms with Gasteiger partial charge in [0, 0.05) is 36.9 Å². The third-order valence-electron chi connectivity index (χ3n) is 5.38. The summed E-state index contributed by atoms with van der Waals surface area (Å²) in [5.74, 6) is 1.19. The number of carbonyl (C=O) groups is 1. The Hall–Kier alpha value is -2.86. The van der Waals surface area contributed by atoms with Crippen molar-refractivity contribution in [2.45, 2.75) is 12.5 Å². The molecule has 2 fully saturated rings. The number of hydrogen-bond donors (Lipinski definition) is 2. The topological polar surface area (TPSA) is 70.4 Å². The molecule has 0 bridgehead atoms. The van der Waals surface area contributed by atoms with Crippen LogP contribution >= 0.6 is 0 Å².